The zero-order chi connectivity index (χ0) is 14.4. The van der Waals surface area contributed by atoms with Crippen LogP contribution in [-0.2, 0) is 4.79 Å². The van der Waals surface area contributed by atoms with Gasteiger partial charge in [0.15, 0.2) is 0 Å². The first-order valence-corrected chi connectivity index (χ1v) is 7.66. The van der Waals surface area contributed by atoms with Gasteiger partial charge in [0.05, 0.1) is 5.75 Å². The third kappa shape index (κ3) is 5.66. The third-order valence-corrected chi connectivity index (χ3v) is 3.80. The maximum absolute atomic E-state index is 11.9. The summed E-state index contributed by atoms with van der Waals surface area (Å²) in [7, 11) is 4.08. The molecular weight excluding hydrogens is 256 g/mol. The van der Waals surface area contributed by atoms with Gasteiger partial charge < -0.3 is 10.2 Å². The summed E-state index contributed by atoms with van der Waals surface area (Å²) in [6.45, 7) is 7.15. The van der Waals surface area contributed by atoms with Gasteiger partial charge in [0.1, 0.15) is 0 Å². The fourth-order valence-corrected chi connectivity index (χ4v) is 2.86. The van der Waals surface area contributed by atoms with Gasteiger partial charge in [0, 0.05) is 18.0 Å². The van der Waals surface area contributed by atoms with Crippen LogP contribution in [0.4, 0.5) is 5.69 Å². The highest BCUT2D eigenvalue weighted by Crippen LogP contribution is 2.22. The molecule has 0 atom stereocenters. The van der Waals surface area contributed by atoms with Crippen LogP contribution < -0.4 is 5.32 Å². The number of carbonyl (C=O) groups excluding carboxylic acids is 1. The molecule has 0 saturated heterocycles. The lowest BCUT2D eigenvalue weighted by atomic mass is 10.1. The van der Waals surface area contributed by atoms with Gasteiger partial charge >= 0.3 is 0 Å². The molecule has 0 saturated carbocycles. The number of rotatable bonds is 6. The van der Waals surface area contributed by atoms with Crippen LogP contribution in [0.25, 0.3) is 0 Å². The molecule has 0 bridgehead atoms. The quantitative estimate of drug-likeness (QED) is 0.813. The number of carbonyl (C=O) groups is 1. The summed E-state index contributed by atoms with van der Waals surface area (Å²) in [5.41, 5.74) is 4.45. The van der Waals surface area contributed by atoms with E-state index in [-0.39, 0.29) is 5.91 Å². The minimum absolute atomic E-state index is 0.0822. The van der Waals surface area contributed by atoms with Crippen LogP contribution in [0.15, 0.2) is 12.1 Å². The van der Waals surface area contributed by atoms with Crippen molar-refractivity contribution >= 4 is 23.4 Å². The Balaban J connectivity index is 2.49. The summed E-state index contributed by atoms with van der Waals surface area (Å²) in [5.74, 6) is 1.58. The highest BCUT2D eigenvalue weighted by Gasteiger charge is 2.08. The smallest absolute Gasteiger partial charge is 0.234 e. The summed E-state index contributed by atoms with van der Waals surface area (Å²) in [5, 5.41) is 3.02. The van der Waals surface area contributed by atoms with E-state index in [0.29, 0.717) is 5.75 Å². The maximum atomic E-state index is 11.9. The fourth-order valence-electron chi connectivity index (χ4n) is 1.96. The second-order valence-electron chi connectivity index (χ2n) is 5.18. The van der Waals surface area contributed by atoms with Crippen molar-refractivity contribution in [1.82, 2.24) is 4.90 Å². The Bertz CT molecular complexity index is 421. The van der Waals surface area contributed by atoms with Crippen LogP contribution in [0, 0.1) is 20.8 Å². The van der Waals surface area contributed by atoms with E-state index < -0.39 is 0 Å². The number of hydrogen-bond acceptors (Lipinski definition) is 3. The lowest BCUT2D eigenvalue weighted by Gasteiger charge is -2.13. The van der Waals surface area contributed by atoms with Gasteiger partial charge in [-0.05, 0) is 46.0 Å². The Morgan fingerprint density at radius 1 is 1.21 bits per heavy atom. The van der Waals surface area contributed by atoms with E-state index in [9.17, 15) is 4.79 Å². The number of anilines is 1. The lowest BCUT2D eigenvalue weighted by Crippen LogP contribution is -2.19. The number of thioether (sulfide) groups is 1. The third-order valence-electron chi connectivity index (χ3n) is 2.86. The summed E-state index contributed by atoms with van der Waals surface area (Å²) in [6.07, 6.45) is 0. The van der Waals surface area contributed by atoms with Crippen molar-refractivity contribution in [3.8, 4) is 0 Å². The summed E-state index contributed by atoms with van der Waals surface area (Å²) in [4.78, 5) is 14.0. The Kier molecular flexibility index (Phi) is 6.38. The van der Waals surface area contributed by atoms with Crippen LogP contribution >= 0.6 is 11.8 Å². The normalized spacial score (nSPS) is 10.8. The van der Waals surface area contributed by atoms with Crippen molar-refractivity contribution in [1.29, 1.82) is 0 Å². The van der Waals surface area contributed by atoms with Gasteiger partial charge in [-0.25, -0.2) is 0 Å². The molecule has 3 nitrogen and oxygen atoms in total. The van der Waals surface area contributed by atoms with Gasteiger partial charge in [-0.3, -0.25) is 4.79 Å². The Morgan fingerprint density at radius 2 is 1.79 bits per heavy atom. The minimum Gasteiger partial charge on any atom is -0.325 e. The van der Waals surface area contributed by atoms with Crippen LogP contribution in [0.5, 0.6) is 0 Å². The van der Waals surface area contributed by atoms with E-state index in [2.05, 4.69) is 29.3 Å². The molecule has 1 aromatic rings. The number of aryl methyl sites for hydroxylation is 3. The molecule has 1 rings (SSSR count). The minimum atomic E-state index is 0.0822. The number of nitrogens with one attached hydrogen (secondary N) is 1. The van der Waals surface area contributed by atoms with Crippen molar-refractivity contribution in [3.05, 3.63) is 28.8 Å². The largest absolute Gasteiger partial charge is 0.325 e. The molecule has 0 aliphatic rings. The van der Waals surface area contributed by atoms with Gasteiger partial charge in [0.25, 0.3) is 0 Å². The van der Waals surface area contributed by atoms with E-state index in [0.717, 1.165) is 29.1 Å². The zero-order valence-corrected chi connectivity index (χ0v) is 13.4. The van der Waals surface area contributed by atoms with E-state index in [1.807, 2.05) is 27.9 Å². The Hall–Kier alpha value is -1.00. The molecule has 19 heavy (non-hydrogen) atoms. The zero-order valence-electron chi connectivity index (χ0n) is 12.5. The molecule has 4 heteroatoms. The standard InChI is InChI=1S/C15H24N2OS/c1-11-8-12(2)15(13(3)9-11)16-14(18)10-19-7-6-17(4)5/h8-9H,6-7,10H2,1-5H3,(H,16,18). The molecule has 106 valence electrons. The van der Waals surface area contributed by atoms with Crippen molar-refractivity contribution in [2.75, 3.05) is 37.5 Å². The van der Waals surface area contributed by atoms with Gasteiger partial charge in [-0.2, -0.15) is 11.8 Å². The monoisotopic (exact) mass is 280 g/mol. The highest BCUT2D eigenvalue weighted by atomic mass is 32.2. The topological polar surface area (TPSA) is 32.3 Å². The van der Waals surface area contributed by atoms with E-state index in [4.69, 9.17) is 0 Å². The predicted molar refractivity (Wildman–Crippen MR) is 85.2 cm³/mol. The number of hydrogen-bond donors (Lipinski definition) is 1. The number of benzene rings is 1. The first-order chi connectivity index (χ1) is 8.90. The summed E-state index contributed by atoms with van der Waals surface area (Å²) in [6, 6.07) is 4.20. The van der Waals surface area contributed by atoms with Crippen molar-refractivity contribution in [3.63, 3.8) is 0 Å². The maximum Gasteiger partial charge on any atom is 0.234 e. The van der Waals surface area contributed by atoms with Crippen molar-refractivity contribution in [2.24, 2.45) is 0 Å². The second-order valence-corrected chi connectivity index (χ2v) is 6.28. The van der Waals surface area contributed by atoms with Gasteiger partial charge in [-0.15, -0.1) is 0 Å². The molecular formula is C15H24N2OS. The first-order valence-electron chi connectivity index (χ1n) is 6.50. The van der Waals surface area contributed by atoms with Crippen LogP contribution in [0.1, 0.15) is 16.7 Å². The van der Waals surface area contributed by atoms with E-state index >= 15 is 0 Å². The second kappa shape index (κ2) is 7.56. The summed E-state index contributed by atoms with van der Waals surface area (Å²) < 4.78 is 0. The molecule has 1 N–H and O–H groups in total. The number of nitrogens with zero attached hydrogens (tertiary/aromatic N) is 1. The first kappa shape index (κ1) is 16.1. The fraction of sp³-hybridized carbons (Fsp3) is 0.533. The van der Waals surface area contributed by atoms with E-state index in [1.54, 1.807) is 11.8 Å². The molecule has 0 aliphatic heterocycles. The SMILES string of the molecule is Cc1cc(C)c(NC(=O)CSCCN(C)C)c(C)c1. The average molecular weight is 280 g/mol. The molecule has 1 amide bonds. The molecule has 0 unspecified atom stereocenters. The van der Waals surface area contributed by atoms with Crippen LogP contribution in [0.3, 0.4) is 0 Å². The molecule has 0 radical (unpaired) electrons. The van der Waals surface area contributed by atoms with Crippen LogP contribution in [-0.4, -0.2) is 43.0 Å². The number of amides is 1. The van der Waals surface area contributed by atoms with E-state index in [1.165, 1.54) is 5.56 Å². The molecule has 0 spiro atoms. The average Bonchev–Trinajstić information content (AvgIpc) is 2.29. The lowest BCUT2D eigenvalue weighted by molar-refractivity contribution is -0.113. The Morgan fingerprint density at radius 3 is 2.32 bits per heavy atom. The molecule has 0 aromatic heterocycles. The molecule has 0 heterocycles. The molecule has 1 aromatic carbocycles. The van der Waals surface area contributed by atoms with Gasteiger partial charge in [0.2, 0.25) is 5.91 Å². The Labute approximate surface area is 120 Å². The predicted octanol–water partition coefficient (Wildman–Crippen LogP) is 2.85. The molecule has 0 fully saturated rings. The van der Waals surface area contributed by atoms with Crippen molar-refractivity contribution < 1.29 is 4.79 Å². The van der Waals surface area contributed by atoms with Crippen LogP contribution in [0.2, 0.25) is 0 Å². The molecule has 0 aliphatic carbocycles. The van der Waals surface area contributed by atoms with Gasteiger partial charge in [-0.1, -0.05) is 17.7 Å². The highest BCUT2D eigenvalue weighted by molar-refractivity contribution is 7.99. The van der Waals surface area contributed by atoms with Crippen molar-refractivity contribution in [2.45, 2.75) is 20.8 Å². The summed E-state index contributed by atoms with van der Waals surface area (Å²) >= 11 is 1.67.